The van der Waals surface area contributed by atoms with Gasteiger partial charge in [-0.1, -0.05) is 0 Å². The average Bonchev–Trinajstić information content (AvgIpc) is 2.65. The quantitative estimate of drug-likeness (QED) is 0.289. The van der Waals surface area contributed by atoms with Gasteiger partial charge in [0.15, 0.2) is 5.96 Å². The second-order valence-corrected chi connectivity index (χ2v) is 4.41. The van der Waals surface area contributed by atoms with E-state index in [1.165, 1.54) is 4.90 Å². The van der Waals surface area contributed by atoms with Gasteiger partial charge in [-0.15, -0.1) is 0 Å². The van der Waals surface area contributed by atoms with Crippen molar-refractivity contribution in [1.29, 1.82) is 0 Å². The van der Waals surface area contributed by atoms with Crippen molar-refractivity contribution in [3.05, 3.63) is 0 Å². The third kappa shape index (κ3) is 1.69. The van der Waals surface area contributed by atoms with Gasteiger partial charge in [-0.25, -0.2) is 4.99 Å². The molecular formula is C9H18N4O4. The largest absolute Gasteiger partial charge is 0.394 e. The van der Waals surface area contributed by atoms with Crippen molar-refractivity contribution in [2.75, 3.05) is 13.2 Å². The Balaban J connectivity index is 2.34. The molecule has 2 aliphatic heterocycles. The fourth-order valence-corrected chi connectivity index (χ4v) is 2.62. The standard InChI is InChI=1S/C9H18N4O4/c10-1-3-5-7(16)8(17)6(15)4(2-14)13(5)9(11)12-3/h3-8,14-17H,1-2,10H2,(H2,11,12)/t3-,4-,5-,6-,7+,8+/m1/s1. The maximum Gasteiger partial charge on any atom is 0.192 e. The van der Waals surface area contributed by atoms with Crippen LogP contribution in [0.5, 0.6) is 0 Å². The molecule has 0 amide bonds. The van der Waals surface area contributed by atoms with Crippen LogP contribution < -0.4 is 11.5 Å². The van der Waals surface area contributed by atoms with Gasteiger partial charge in [0.2, 0.25) is 0 Å². The molecule has 0 aromatic carbocycles. The zero-order valence-corrected chi connectivity index (χ0v) is 9.22. The molecule has 0 radical (unpaired) electrons. The Bertz CT molecular complexity index is 326. The smallest absolute Gasteiger partial charge is 0.192 e. The van der Waals surface area contributed by atoms with Crippen molar-refractivity contribution >= 4 is 5.96 Å². The molecule has 8 heteroatoms. The number of hydrogen-bond donors (Lipinski definition) is 6. The van der Waals surface area contributed by atoms with E-state index in [-0.39, 0.29) is 12.5 Å². The van der Waals surface area contributed by atoms with Crippen LogP contribution in [0.15, 0.2) is 4.99 Å². The molecule has 6 atom stereocenters. The van der Waals surface area contributed by atoms with Crippen LogP contribution in [0.4, 0.5) is 0 Å². The van der Waals surface area contributed by atoms with E-state index in [4.69, 9.17) is 11.5 Å². The second kappa shape index (κ2) is 4.39. The maximum absolute atomic E-state index is 9.93. The lowest BCUT2D eigenvalue weighted by molar-refractivity contribution is -0.151. The summed E-state index contributed by atoms with van der Waals surface area (Å²) in [6, 6.07) is -1.82. The maximum atomic E-state index is 9.93. The summed E-state index contributed by atoms with van der Waals surface area (Å²) >= 11 is 0. The number of aliphatic imine (C=N–C) groups is 1. The highest BCUT2D eigenvalue weighted by Gasteiger charge is 2.53. The van der Waals surface area contributed by atoms with Gasteiger partial charge in [0, 0.05) is 6.54 Å². The van der Waals surface area contributed by atoms with Crippen molar-refractivity contribution in [3.63, 3.8) is 0 Å². The van der Waals surface area contributed by atoms with E-state index in [9.17, 15) is 20.4 Å². The second-order valence-electron chi connectivity index (χ2n) is 4.41. The van der Waals surface area contributed by atoms with Gasteiger partial charge in [-0.2, -0.15) is 0 Å². The molecule has 98 valence electrons. The highest BCUT2D eigenvalue weighted by molar-refractivity contribution is 5.81. The SMILES string of the molecule is NC[C@H]1N=C(N)N2[C@H]1[C@H](O)[C@@H](O)[C@H](O)[C@H]2CO. The number of nitrogens with zero attached hydrogens (tertiary/aromatic N) is 2. The number of piperidine rings is 1. The van der Waals surface area contributed by atoms with Crippen LogP contribution in [0, 0.1) is 0 Å². The van der Waals surface area contributed by atoms with Crippen molar-refractivity contribution < 1.29 is 20.4 Å². The Labute approximate surface area is 98.2 Å². The summed E-state index contributed by atoms with van der Waals surface area (Å²) in [7, 11) is 0. The fourth-order valence-electron chi connectivity index (χ4n) is 2.62. The first-order chi connectivity index (χ1) is 8.02. The zero-order valence-electron chi connectivity index (χ0n) is 9.22. The average molecular weight is 246 g/mol. The molecule has 2 aliphatic rings. The predicted molar refractivity (Wildman–Crippen MR) is 59.0 cm³/mol. The Morgan fingerprint density at radius 1 is 1.18 bits per heavy atom. The van der Waals surface area contributed by atoms with E-state index < -0.39 is 43.0 Å². The molecule has 0 spiro atoms. The lowest BCUT2D eigenvalue weighted by Crippen LogP contribution is -2.69. The van der Waals surface area contributed by atoms with Gasteiger partial charge < -0.3 is 36.8 Å². The topological polar surface area (TPSA) is 149 Å². The highest BCUT2D eigenvalue weighted by Crippen LogP contribution is 2.30. The molecule has 8 N–H and O–H groups in total. The molecular weight excluding hydrogens is 228 g/mol. The van der Waals surface area contributed by atoms with Gasteiger partial charge in [-0.3, -0.25) is 0 Å². The Morgan fingerprint density at radius 2 is 1.82 bits per heavy atom. The summed E-state index contributed by atoms with van der Waals surface area (Å²) in [6.45, 7) is -0.227. The molecule has 0 aromatic heterocycles. The summed E-state index contributed by atoms with van der Waals surface area (Å²) in [5.41, 5.74) is 11.2. The third-order valence-electron chi connectivity index (χ3n) is 3.51. The van der Waals surface area contributed by atoms with E-state index in [0.717, 1.165) is 0 Å². The molecule has 17 heavy (non-hydrogen) atoms. The Morgan fingerprint density at radius 3 is 2.35 bits per heavy atom. The summed E-state index contributed by atoms with van der Waals surface area (Å²) in [5, 5.41) is 38.7. The number of fused-ring (bicyclic) bond motifs is 1. The van der Waals surface area contributed by atoms with Crippen molar-refractivity contribution in [1.82, 2.24) is 4.90 Å². The Kier molecular flexibility index (Phi) is 3.23. The third-order valence-corrected chi connectivity index (χ3v) is 3.51. The lowest BCUT2D eigenvalue weighted by atomic mass is 9.86. The van der Waals surface area contributed by atoms with Gasteiger partial charge in [-0.05, 0) is 0 Å². The first kappa shape index (κ1) is 12.5. The van der Waals surface area contributed by atoms with Crippen molar-refractivity contribution in [2.24, 2.45) is 16.5 Å². The minimum absolute atomic E-state index is 0.120. The number of aliphatic hydroxyl groups excluding tert-OH is 4. The summed E-state index contributed by atoms with van der Waals surface area (Å²) in [5.74, 6) is 0.120. The zero-order chi connectivity index (χ0) is 12.7. The Hall–Kier alpha value is -0.930. The van der Waals surface area contributed by atoms with Gasteiger partial charge in [0.05, 0.1) is 24.7 Å². The summed E-state index contributed by atoms with van der Waals surface area (Å²) in [6.07, 6.45) is -3.83. The molecule has 0 aliphatic carbocycles. The van der Waals surface area contributed by atoms with Crippen LogP contribution in [0.3, 0.4) is 0 Å². The molecule has 1 fully saturated rings. The van der Waals surface area contributed by atoms with E-state index >= 15 is 0 Å². The number of aliphatic hydroxyl groups is 4. The molecule has 0 unspecified atom stereocenters. The van der Waals surface area contributed by atoms with Gasteiger partial charge in [0.1, 0.15) is 18.3 Å². The fraction of sp³-hybridized carbons (Fsp3) is 0.889. The first-order valence-electron chi connectivity index (χ1n) is 5.49. The minimum Gasteiger partial charge on any atom is -0.394 e. The van der Waals surface area contributed by atoms with Gasteiger partial charge in [0.25, 0.3) is 0 Å². The van der Waals surface area contributed by atoms with Crippen LogP contribution in [-0.4, -0.2) is 80.9 Å². The highest BCUT2D eigenvalue weighted by atomic mass is 16.4. The number of hydrogen-bond acceptors (Lipinski definition) is 8. The molecule has 0 saturated carbocycles. The van der Waals surface area contributed by atoms with E-state index in [1.54, 1.807) is 0 Å². The van der Waals surface area contributed by atoms with Crippen LogP contribution in [0.1, 0.15) is 0 Å². The van der Waals surface area contributed by atoms with E-state index in [1.807, 2.05) is 0 Å². The molecule has 1 saturated heterocycles. The first-order valence-corrected chi connectivity index (χ1v) is 5.49. The number of rotatable bonds is 2. The summed E-state index contributed by atoms with van der Waals surface area (Å²) < 4.78 is 0. The normalized spacial score (nSPS) is 45.7. The summed E-state index contributed by atoms with van der Waals surface area (Å²) in [4.78, 5) is 5.52. The van der Waals surface area contributed by atoms with E-state index in [2.05, 4.69) is 4.99 Å². The predicted octanol–water partition coefficient (Wildman–Crippen LogP) is -4.23. The van der Waals surface area contributed by atoms with Crippen molar-refractivity contribution in [2.45, 2.75) is 36.4 Å². The van der Waals surface area contributed by atoms with Crippen LogP contribution in [0.2, 0.25) is 0 Å². The molecule has 0 bridgehead atoms. The molecule has 0 aromatic rings. The van der Waals surface area contributed by atoms with Gasteiger partial charge >= 0.3 is 0 Å². The van der Waals surface area contributed by atoms with Crippen LogP contribution >= 0.6 is 0 Å². The molecule has 8 nitrogen and oxygen atoms in total. The molecule has 2 heterocycles. The number of guanidine groups is 1. The van der Waals surface area contributed by atoms with Crippen molar-refractivity contribution in [3.8, 4) is 0 Å². The minimum atomic E-state index is -1.34. The van der Waals surface area contributed by atoms with E-state index in [0.29, 0.717) is 0 Å². The van der Waals surface area contributed by atoms with Crippen LogP contribution in [-0.2, 0) is 0 Å². The molecule has 2 rings (SSSR count). The van der Waals surface area contributed by atoms with Crippen LogP contribution in [0.25, 0.3) is 0 Å². The number of nitrogens with two attached hydrogens (primary N) is 2. The lowest BCUT2D eigenvalue weighted by Gasteiger charge is -2.47. The monoisotopic (exact) mass is 246 g/mol.